The number of likely N-dealkylation sites (N-methyl/N-ethyl adjacent to an activating group) is 1. The van der Waals surface area contributed by atoms with Crippen LogP contribution in [0.25, 0.3) is 0 Å². The Morgan fingerprint density at radius 3 is 2.81 bits per heavy atom. The Morgan fingerprint density at radius 2 is 2.19 bits per heavy atom. The number of carboxylic acids is 1. The monoisotopic (exact) mass is 304 g/mol. The molecule has 0 saturated carbocycles. The highest BCUT2D eigenvalue weighted by atomic mass is 32.1. The fourth-order valence-electron chi connectivity index (χ4n) is 2.23. The Hall–Kier alpha value is -1.69. The maximum absolute atomic E-state index is 11.0. The Labute approximate surface area is 129 Å². The number of hydrogen-bond donors (Lipinski definition) is 2. The van der Waals surface area contributed by atoms with E-state index in [-0.39, 0.29) is 0 Å². The molecule has 0 aliphatic rings. The van der Waals surface area contributed by atoms with Crippen LogP contribution in [0.5, 0.6) is 0 Å². The second kappa shape index (κ2) is 7.36. The summed E-state index contributed by atoms with van der Waals surface area (Å²) in [5.74, 6) is -0.888. The van der Waals surface area contributed by atoms with Crippen molar-refractivity contribution in [3.8, 4) is 0 Å². The summed E-state index contributed by atoms with van der Waals surface area (Å²) in [7, 11) is 4.13. The van der Waals surface area contributed by atoms with Crippen molar-refractivity contribution in [1.82, 2.24) is 10.2 Å². The van der Waals surface area contributed by atoms with E-state index in [4.69, 9.17) is 5.11 Å². The minimum Gasteiger partial charge on any atom is -0.478 e. The molecule has 2 rings (SSSR count). The van der Waals surface area contributed by atoms with Crippen molar-refractivity contribution in [2.24, 2.45) is 0 Å². The van der Waals surface area contributed by atoms with E-state index in [1.807, 2.05) is 6.07 Å². The average molecular weight is 304 g/mol. The SMILES string of the molecule is CN(C)C(CNCc1cccc(C(=O)O)c1)c1ccsc1. The molecule has 1 aromatic carbocycles. The highest BCUT2D eigenvalue weighted by Crippen LogP contribution is 2.20. The van der Waals surface area contributed by atoms with Crippen molar-refractivity contribution >= 4 is 17.3 Å². The van der Waals surface area contributed by atoms with Gasteiger partial charge in [0.05, 0.1) is 5.56 Å². The molecule has 21 heavy (non-hydrogen) atoms. The fourth-order valence-corrected chi connectivity index (χ4v) is 2.94. The molecule has 1 aromatic heterocycles. The molecule has 0 fully saturated rings. The number of thiophene rings is 1. The molecule has 4 nitrogen and oxygen atoms in total. The topological polar surface area (TPSA) is 52.6 Å². The van der Waals surface area contributed by atoms with Crippen LogP contribution in [-0.2, 0) is 6.54 Å². The third-order valence-corrected chi connectivity index (χ3v) is 4.09. The Balaban J connectivity index is 1.93. The van der Waals surface area contributed by atoms with Gasteiger partial charge < -0.3 is 15.3 Å². The minimum absolute atomic E-state index is 0.318. The third kappa shape index (κ3) is 4.39. The third-order valence-electron chi connectivity index (χ3n) is 3.39. The van der Waals surface area contributed by atoms with E-state index in [1.54, 1.807) is 29.5 Å². The average Bonchev–Trinajstić information content (AvgIpc) is 2.97. The minimum atomic E-state index is -0.888. The van der Waals surface area contributed by atoms with E-state index in [1.165, 1.54) is 5.56 Å². The number of rotatable bonds is 7. The Kier molecular flexibility index (Phi) is 5.50. The van der Waals surface area contributed by atoms with Gasteiger partial charge in [-0.3, -0.25) is 0 Å². The van der Waals surface area contributed by atoms with Gasteiger partial charge in [-0.2, -0.15) is 11.3 Å². The lowest BCUT2D eigenvalue weighted by atomic mass is 10.1. The first-order chi connectivity index (χ1) is 10.1. The van der Waals surface area contributed by atoms with Crippen LogP contribution in [0.2, 0.25) is 0 Å². The second-order valence-electron chi connectivity index (χ2n) is 5.17. The van der Waals surface area contributed by atoms with Crippen LogP contribution in [0.1, 0.15) is 27.5 Å². The summed E-state index contributed by atoms with van der Waals surface area (Å²) in [6.45, 7) is 1.48. The number of benzene rings is 1. The molecule has 2 N–H and O–H groups in total. The first-order valence-corrected chi connectivity index (χ1v) is 7.73. The first kappa shape index (κ1) is 15.7. The van der Waals surface area contributed by atoms with Crippen LogP contribution in [-0.4, -0.2) is 36.6 Å². The molecule has 2 aromatic rings. The van der Waals surface area contributed by atoms with Crippen molar-refractivity contribution in [1.29, 1.82) is 0 Å². The van der Waals surface area contributed by atoms with Gasteiger partial charge in [0, 0.05) is 19.1 Å². The van der Waals surface area contributed by atoms with Crippen molar-refractivity contribution in [2.75, 3.05) is 20.6 Å². The zero-order chi connectivity index (χ0) is 15.2. The normalized spacial score (nSPS) is 12.5. The molecule has 112 valence electrons. The van der Waals surface area contributed by atoms with E-state index in [2.05, 4.69) is 41.1 Å². The number of nitrogens with zero attached hydrogens (tertiary/aromatic N) is 1. The summed E-state index contributed by atoms with van der Waals surface area (Å²) in [5, 5.41) is 16.7. The summed E-state index contributed by atoms with van der Waals surface area (Å²) in [6.07, 6.45) is 0. The summed E-state index contributed by atoms with van der Waals surface area (Å²) >= 11 is 1.70. The van der Waals surface area contributed by atoms with Crippen molar-refractivity contribution in [3.05, 3.63) is 57.8 Å². The molecule has 1 heterocycles. The second-order valence-corrected chi connectivity index (χ2v) is 5.95. The van der Waals surface area contributed by atoms with Gasteiger partial charge in [0.25, 0.3) is 0 Å². The lowest BCUT2D eigenvalue weighted by molar-refractivity contribution is 0.0696. The lowest BCUT2D eigenvalue weighted by Gasteiger charge is -2.24. The van der Waals surface area contributed by atoms with Crippen molar-refractivity contribution in [2.45, 2.75) is 12.6 Å². The van der Waals surface area contributed by atoms with Gasteiger partial charge in [-0.05, 0) is 54.2 Å². The lowest BCUT2D eigenvalue weighted by Crippen LogP contribution is -2.30. The molecule has 0 saturated heterocycles. The molecule has 5 heteroatoms. The molecular formula is C16H20N2O2S. The summed E-state index contributed by atoms with van der Waals surface area (Å²) in [4.78, 5) is 13.1. The molecule has 0 bridgehead atoms. The van der Waals surface area contributed by atoms with E-state index in [0.717, 1.165) is 12.1 Å². The largest absolute Gasteiger partial charge is 0.478 e. The Bertz CT molecular complexity index is 582. The maximum atomic E-state index is 11.0. The fraction of sp³-hybridized carbons (Fsp3) is 0.312. The van der Waals surface area contributed by atoms with E-state index in [0.29, 0.717) is 18.2 Å². The predicted octanol–water partition coefficient (Wildman–Crippen LogP) is 2.84. The number of hydrogen-bond acceptors (Lipinski definition) is 4. The Morgan fingerprint density at radius 1 is 1.38 bits per heavy atom. The highest BCUT2D eigenvalue weighted by Gasteiger charge is 2.13. The molecule has 0 aliphatic carbocycles. The first-order valence-electron chi connectivity index (χ1n) is 6.79. The van der Waals surface area contributed by atoms with Crippen LogP contribution in [0.4, 0.5) is 0 Å². The van der Waals surface area contributed by atoms with E-state index < -0.39 is 5.97 Å². The van der Waals surface area contributed by atoms with Gasteiger partial charge >= 0.3 is 5.97 Å². The highest BCUT2D eigenvalue weighted by molar-refractivity contribution is 7.07. The quantitative estimate of drug-likeness (QED) is 0.826. The van der Waals surface area contributed by atoms with Crippen LogP contribution >= 0.6 is 11.3 Å². The number of carbonyl (C=O) groups is 1. The zero-order valence-corrected chi connectivity index (χ0v) is 13.1. The molecule has 1 unspecified atom stereocenters. The van der Waals surface area contributed by atoms with Crippen molar-refractivity contribution in [3.63, 3.8) is 0 Å². The summed E-state index contributed by atoms with van der Waals surface area (Å²) < 4.78 is 0. The smallest absolute Gasteiger partial charge is 0.335 e. The van der Waals surface area contributed by atoms with Gasteiger partial charge in [0.1, 0.15) is 0 Å². The number of nitrogens with one attached hydrogen (secondary N) is 1. The molecule has 0 radical (unpaired) electrons. The summed E-state index contributed by atoms with van der Waals surface area (Å²) in [5.41, 5.74) is 2.62. The summed E-state index contributed by atoms with van der Waals surface area (Å²) in [6, 6.07) is 9.50. The van der Waals surface area contributed by atoms with Crippen LogP contribution in [0.3, 0.4) is 0 Å². The zero-order valence-electron chi connectivity index (χ0n) is 12.2. The molecule has 0 spiro atoms. The van der Waals surface area contributed by atoms with E-state index >= 15 is 0 Å². The maximum Gasteiger partial charge on any atom is 0.335 e. The number of carboxylic acid groups (broad SMARTS) is 1. The van der Waals surface area contributed by atoms with Gasteiger partial charge in [0.15, 0.2) is 0 Å². The van der Waals surface area contributed by atoms with Gasteiger partial charge in [-0.1, -0.05) is 12.1 Å². The standard InChI is InChI=1S/C16H20N2O2S/c1-18(2)15(14-6-7-21-11-14)10-17-9-12-4-3-5-13(8-12)16(19)20/h3-8,11,15,17H,9-10H2,1-2H3,(H,19,20). The van der Waals surface area contributed by atoms with Crippen molar-refractivity contribution < 1.29 is 9.90 Å². The number of aromatic carboxylic acids is 1. The van der Waals surface area contributed by atoms with Gasteiger partial charge in [0.2, 0.25) is 0 Å². The molecule has 0 aliphatic heterocycles. The van der Waals surface area contributed by atoms with Crippen LogP contribution in [0, 0.1) is 0 Å². The molecular weight excluding hydrogens is 284 g/mol. The predicted molar refractivity (Wildman–Crippen MR) is 85.9 cm³/mol. The van der Waals surface area contributed by atoms with Gasteiger partial charge in [-0.15, -0.1) is 0 Å². The van der Waals surface area contributed by atoms with Crippen LogP contribution < -0.4 is 5.32 Å². The van der Waals surface area contributed by atoms with Gasteiger partial charge in [-0.25, -0.2) is 4.79 Å². The molecule has 0 amide bonds. The van der Waals surface area contributed by atoms with E-state index in [9.17, 15) is 4.79 Å². The van der Waals surface area contributed by atoms with Crippen LogP contribution in [0.15, 0.2) is 41.1 Å². The molecule has 1 atom stereocenters.